The smallest absolute Gasteiger partial charge is 0.0897 e. The third-order valence-electron chi connectivity index (χ3n) is 3.65. The van der Waals surface area contributed by atoms with E-state index >= 15 is 0 Å². The predicted octanol–water partition coefficient (Wildman–Crippen LogP) is 2.66. The van der Waals surface area contributed by atoms with Crippen LogP contribution in [0.25, 0.3) is 0 Å². The molecule has 1 aliphatic heterocycles. The van der Waals surface area contributed by atoms with E-state index in [2.05, 4.69) is 34.6 Å². The van der Waals surface area contributed by atoms with E-state index in [1.165, 1.54) is 56.0 Å². The molecule has 1 aliphatic rings. The van der Waals surface area contributed by atoms with Crippen LogP contribution < -0.4 is 5.32 Å². The average Bonchev–Trinajstić information content (AvgIpc) is 2.76. The summed E-state index contributed by atoms with van der Waals surface area (Å²) >= 11 is 1.75. The van der Waals surface area contributed by atoms with Crippen LogP contribution in [-0.2, 0) is 6.54 Å². The zero-order chi connectivity index (χ0) is 12.8. The molecular formula is C14H25N3S. The Morgan fingerprint density at radius 2 is 2.44 bits per heavy atom. The van der Waals surface area contributed by atoms with Gasteiger partial charge in [-0.1, -0.05) is 0 Å². The average molecular weight is 267 g/mol. The van der Waals surface area contributed by atoms with Crippen LogP contribution in [0.2, 0.25) is 0 Å². The van der Waals surface area contributed by atoms with Crippen LogP contribution in [0.4, 0.5) is 0 Å². The molecule has 1 N–H and O–H groups in total. The van der Waals surface area contributed by atoms with Gasteiger partial charge in [0.25, 0.3) is 0 Å². The molecule has 1 aromatic rings. The van der Waals surface area contributed by atoms with Gasteiger partial charge in [0.15, 0.2) is 0 Å². The lowest BCUT2D eigenvalue weighted by Gasteiger charge is -2.23. The number of rotatable bonds is 6. The highest BCUT2D eigenvalue weighted by Gasteiger charge is 2.12. The highest BCUT2D eigenvalue weighted by molar-refractivity contribution is 7.09. The van der Waals surface area contributed by atoms with Crippen LogP contribution in [0, 0.1) is 12.8 Å². The highest BCUT2D eigenvalue weighted by Crippen LogP contribution is 2.16. The Bertz CT molecular complexity index is 345. The summed E-state index contributed by atoms with van der Waals surface area (Å²) in [7, 11) is 2.20. The summed E-state index contributed by atoms with van der Waals surface area (Å²) in [6, 6.07) is 0. The zero-order valence-corrected chi connectivity index (χ0v) is 12.4. The second kappa shape index (κ2) is 7.22. The first kappa shape index (κ1) is 14.0. The maximum Gasteiger partial charge on any atom is 0.0897 e. The van der Waals surface area contributed by atoms with Crippen molar-refractivity contribution in [3.8, 4) is 0 Å². The number of hydrogen-bond donors (Lipinski definition) is 1. The lowest BCUT2D eigenvalue weighted by atomic mass is 9.95. The number of hydrogen-bond acceptors (Lipinski definition) is 4. The third kappa shape index (κ3) is 4.67. The minimum atomic E-state index is 0.911. The Kier molecular flexibility index (Phi) is 5.60. The van der Waals surface area contributed by atoms with Crippen molar-refractivity contribution in [2.24, 2.45) is 5.92 Å². The Labute approximate surface area is 115 Å². The zero-order valence-electron chi connectivity index (χ0n) is 11.6. The van der Waals surface area contributed by atoms with Crippen molar-refractivity contribution < 1.29 is 0 Å². The summed E-state index contributed by atoms with van der Waals surface area (Å²) < 4.78 is 0. The molecule has 2 heterocycles. The first-order chi connectivity index (χ1) is 8.74. The first-order valence-corrected chi connectivity index (χ1v) is 7.92. The molecule has 2 rings (SSSR count). The first-order valence-electron chi connectivity index (χ1n) is 7.04. The molecule has 0 spiro atoms. The maximum atomic E-state index is 4.52. The molecule has 0 radical (unpaired) electrons. The fraction of sp³-hybridized carbons (Fsp3) is 0.786. The Hall–Kier alpha value is -0.450. The van der Waals surface area contributed by atoms with Gasteiger partial charge in [0.1, 0.15) is 0 Å². The van der Waals surface area contributed by atoms with Gasteiger partial charge >= 0.3 is 0 Å². The van der Waals surface area contributed by atoms with Crippen LogP contribution in [0.5, 0.6) is 0 Å². The van der Waals surface area contributed by atoms with Gasteiger partial charge in [0, 0.05) is 11.9 Å². The maximum absolute atomic E-state index is 4.52. The van der Waals surface area contributed by atoms with E-state index in [1.807, 2.05) is 0 Å². The summed E-state index contributed by atoms with van der Waals surface area (Å²) in [6.07, 6.45) is 5.46. The fourth-order valence-electron chi connectivity index (χ4n) is 2.66. The van der Waals surface area contributed by atoms with Crippen LogP contribution in [0.15, 0.2) is 5.38 Å². The van der Waals surface area contributed by atoms with Crippen molar-refractivity contribution in [2.75, 3.05) is 26.7 Å². The van der Waals surface area contributed by atoms with Gasteiger partial charge in [-0.15, -0.1) is 11.3 Å². The monoisotopic (exact) mass is 267 g/mol. The van der Waals surface area contributed by atoms with E-state index in [9.17, 15) is 0 Å². The summed E-state index contributed by atoms with van der Waals surface area (Å²) in [4.78, 5) is 6.91. The summed E-state index contributed by atoms with van der Waals surface area (Å²) in [5.74, 6) is 0.911. The topological polar surface area (TPSA) is 28.2 Å². The molecule has 1 aromatic heterocycles. The van der Waals surface area contributed by atoms with Crippen LogP contribution >= 0.6 is 11.3 Å². The van der Waals surface area contributed by atoms with Crippen LogP contribution in [0.3, 0.4) is 0 Å². The van der Waals surface area contributed by atoms with Crippen molar-refractivity contribution in [2.45, 2.75) is 39.2 Å². The van der Waals surface area contributed by atoms with E-state index in [4.69, 9.17) is 0 Å². The van der Waals surface area contributed by atoms with E-state index in [-0.39, 0.29) is 0 Å². The lowest BCUT2D eigenvalue weighted by molar-refractivity contribution is 0.285. The second-order valence-electron chi connectivity index (χ2n) is 5.45. The predicted molar refractivity (Wildman–Crippen MR) is 78.0 cm³/mol. The fourth-order valence-corrected chi connectivity index (χ4v) is 3.26. The quantitative estimate of drug-likeness (QED) is 0.859. The highest BCUT2D eigenvalue weighted by atomic mass is 32.1. The van der Waals surface area contributed by atoms with E-state index in [1.54, 1.807) is 11.3 Å². The van der Waals surface area contributed by atoms with E-state index < -0.39 is 0 Å². The minimum Gasteiger partial charge on any atom is -0.316 e. The van der Waals surface area contributed by atoms with Crippen LogP contribution in [-0.4, -0.2) is 36.6 Å². The van der Waals surface area contributed by atoms with E-state index in [0.717, 1.165) is 12.5 Å². The SMILES string of the molecule is Cc1nc(CN(C)CCCC2CCCNC2)cs1. The molecule has 0 aromatic carbocycles. The molecule has 3 nitrogen and oxygen atoms in total. The van der Waals surface area contributed by atoms with Gasteiger partial charge in [-0.2, -0.15) is 0 Å². The van der Waals surface area contributed by atoms with Crippen molar-refractivity contribution in [3.05, 3.63) is 16.1 Å². The molecule has 0 aliphatic carbocycles. The molecular weight excluding hydrogens is 242 g/mol. The van der Waals surface area contributed by atoms with Gasteiger partial charge in [0.05, 0.1) is 10.7 Å². The van der Waals surface area contributed by atoms with Crippen molar-refractivity contribution >= 4 is 11.3 Å². The molecule has 1 unspecified atom stereocenters. The molecule has 4 heteroatoms. The minimum absolute atomic E-state index is 0.911. The summed E-state index contributed by atoms with van der Waals surface area (Å²) in [5, 5.41) is 6.84. The molecule has 1 atom stereocenters. The number of nitrogens with one attached hydrogen (secondary N) is 1. The van der Waals surface area contributed by atoms with Gasteiger partial charge in [0.2, 0.25) is 0 Å². The second-order valence-corrected chi connectivity index (χ2v) is 6.51. The Morgan fingerprint density at radius 3 is 3.11 bits per heavy atom. The standard InChI is InChI=1S/C14H25N3S/c1-12-16-14(11-18-12)10-17(2)8-4-6-13-5-3-7-15-9-13/h11,13,15H,3-10H2,1-2H3. The molecule has 0 bridgehead atoms. The van der Waals surface area contributed by atoms with Crippen molar-refractivity contribution in [3.63, 3.8) is 0 Å². The van der Waals surface area contributed by atoms with Crippen molar-refractivity contribution in [1.29, 1.82) is 0 Å². The molecule has 102 valence electrons. The molecule has 18 heavy (non-hydrogen) atoms. The number of piperidine rings is 1. The Balaban J connectivity index is 1.60. The third-order valence-corrected chi connectivity index (χ3v) is 4.47. The number of thiazole rings is 1. The van der Waals surface area contributed by atoms with E-state index in [0.29, 0.717) is 0 Å². The van der Waals surface area contributed by atoms with Gasteiger partial charge < -0.3 is 10.2 Å². The van der Waals surface area contributed by atoms with Gasteiger partial charge in [-0.25, -0.2) is 4.98 Å². The lowest BCUT2D eigenvalue weighted by Crippen LogP contribution is -2.30. The molecule has 1 fully saturated rings. The molecule has 0 saturated carbocycles. The largest absolute Gasteiger partial charge is 0.316 e. The van der Waals surface area contributed by atoms with Gasteiger partial charge in [-0.3, -0.25) is 0 Å². The number of aromatic nitrogens is 1. The molecule has 1 saturated heterocycles. The number of aryl methyl sites for hydroxylation is 1. The summed E-state index contributed by atoms with van der Waals surface area (Å²) in [5.41, 5.74) is 1.22. The normalized spacial score (nSPS) is 20.5. The summed E-state index contributed by atoms with van der Waals surface area (Å²) in [6.45, 7) is 6.71. The van der Waals surface area contributed by atoms with Gasteiger partial charge in [-0.05, 0) is 65.2 Å². The van der Waals surface area contributed by atoms with Crippen LogP contribution in [0.1, 0.15) is 36.4 Å². The van der Waals surface area contributed by atoms with Crippen molar-refractivity contribution in [1.82, 2.24) is 15.2 Å². The number of nitrogens with zero attached hydrogens (tertiary/aromatic N) is 2. The Morgan fingerprint density at radius 1 is 1.56 bits per heavy atom. The molecule has 0 amide bonds.